The lowest BCUT2D eigenvalue weighted by Gasteiger charge is -2.04. The summed E-state index contributed by atoms with van der Waals surface area (Å²) in [6.07, 6.45) is 5.53. The summed E-state index contributed by atoms with van der Waals surface area (Å²) in [5.74, 6) is 1.09. The van der Waals surface area contributed by atoms with Crippen LogP contribution in [0.25, 0.3) is 5.69 Å². The van der Waals surface area contributed by atoms with Gasteiger partial charge in [-0.3, -0.25) is 0 Å². The van der Waals surface area contributed by atoms with Crippen molar-refractivity contribution in [1.29, 1.82) is 0 Å². The Balaban J connectivity index is 1.90. The van der Waals surface area contributed by atoms with Crippen molar-refractivity contribution >= 4 is 0 Å². The molecule has 2 heterocycles. The van der Waals surface area contributed by atoms with Crippen molar-refractivity contribution in [3.8, 4) is 5.69 Å². The number of hydrogen-bond donors (Lipinski definition) is 0. The Labute approximate surface area is 106 Å². The predicted molar refractivity (Wildman–Crippen MR) is 68.6 cm³/mol. The zero-order chi connectivity index (χ0) is 12.4. The Kier molecular flexibility index (Phi) is 2.73. The molecule has 1 aromatic carbocycles. The number of benzene rings is 1. The second kappa shape index (κ2) is 4.53. The lowest BCUT2D eigenvalue weighted by molar-refractivity contribution is 0.493. The number of hydrogen-bond acceptors (Lipinski definition) is 2. The molecular formula is C15H13N2O. The quantitative estimate of drug-likeness (QED) is 0.699. The Morgan fingerprint density at radius 2 is 2.28 bits per heavy atom. The van der Waals surface area contributed by atoms with Gasteiger partial charge in [0.15, 0.2) is 0 Å². The molecule has 1 radical (unpaired) electrons. The Morgan fingerprint density at radius 3 is 3.00 bits per heavy atom. The second-order valence-electron chi connectivity index (χ2n) is 4.20. The van der Waals surface area contributed by atoms with Gasteiger partial charge in [0.25, 0.3) is 0 Å². The first-order valence-electron chi connectivity index (χ1n) is 5.88. The first-order chi connectivity index (χ1) is 8.84. The fourth-order valence-electron chi connectivity index (χ4n) is 1.93. The van der Waals surface area contributed by atoms with Gasteiger partial charge in [-0.05, 0) is 37.3 Å². The molecule has 0 aliphatic heterocycles. The van der Waals surface area contributed by atoms with Crippen LogP contribution in [0.5, 0.6) is 0 Å². The molecule has 0 aliphatic rings. The molecule has 0 bridgehead atoms. The van der Waals surface area contributed by atoms with Crippen LogP contribution in [0.3, 0.4) is 0 Å². The van der Waals surface area contributed by atoms with Gasteiger partial charge in [-0.15, -0.1) is 0 Å². The van der Waals surface area contributed by atoms with E-state index in [1.165, 1.54) is 0 Å². The molecule has 0 N–H and O–H groups in total. The van der Waals surface area contributed by atoms with Crippen LogP contribution in [0.15, 0.2) is 59.6 Å². The number of aromatic nitrogens is 2. The van der Waals surface area contributed by atoms with Gasteiger partial charge in [0.1, 0.15) is 5.76 Å². The van der Waals surface area contributed by atoms with Crippen molar-refractivity contribution in [2.24, 2.45) is 0 Å². The summed E-state index contributed by atoms with van der Waals surface area (Å²) in [5.41, 5.74) is 2.05. The van der Waals surface area contributed by atoms with Crippen LogP contribution in [0.4, 0.5) is 0 Å². The van der Waals surface area contributed by atoms with Crippen molar-refractivity contribution in [3.05, 3.63) is 72.7 Å². The first-order valence-corrected chi connectivity index (χ1v) is 5.88. The smallest absolute Gasteiger partial charge is 0.112 e. The van der Waals surface area contributed by atoms with Gasteiger partial charge < -0.3 is 8.98 Å². The summed E-state index contributed by atoms with van der Waals surface area (Å²) in [4.78, 5) is 4.44. The number of imidazole rings is 1. The predicted octanol–water partition coefficient (Wildman–Crippen LogP) is 3.42. The summed E-state index contributed by atoms with van der Waals surface area (Å²) in [5, 5.41) is 0. The topological polar surface area (TPSA) is 31.0 Å². The normalized spacial score (nSPS) is 12.5. The average Bonchev–Trinajstić information content (AvgIpc) is 3.10. The standard InChI is InChI=1S/C15H13N2O/c1-12(15-8-5-9-18-15)14-10-17(11-16-14)13-6-3-2-4-7-13/h2-3,5-12H,1H3. The van der Waals surface area contributed by atoms with E-state index in [-0.39, 0.29) is 5.92 Å². The van der Waals surface area contributed by atoms with E-state index in [0.717, 1.165) is 17.1 Å². The van der Waals surface area contributed by atoms with Gasteiger partial charge in [-0.2, -0.15) is 0 Å². The lowest BCUT2D eigenvalue weighted by atomic mass is 10.1. The Morgan fingerprint density at radius 1 is 1.33 bits per heavy atom. The molecule has 0 saturated carbocycles. The van der Waals surface area contributed by atoms with Crippen molar-refractivity contribution in [1.82, 2.24) is 9.55 Å². The molecule has 1 atom stereocenters. The van der Waals surface area contributed by atoms with Gasteiger partial charge in [0, 0.05) is 11.9 Å². The second-order valence-corrected chi connectivity index (χ2v) is 4.20. The summed E-state index contributed by atoms with van der Waals surface area (Å²) < 4.78 is 7.40. The molecule has 0 spiro atoms. The van der Waals surface area contributed by atoms with E-state index < -0.39 is 0 Å². The molecular weight excluding hydrogens is 224 g/mol. The largest absolute Gasteiger partial charge is 0.469 e. The van der Waals surface area contributed by atoms with E-state index >= 15 is 0 Å². The van der Waals surface area contributed by atoms with Crippen LogP contribution < -0.4 is 0 Å². The molecule has 1 unspecified atom stereocenters. The summed E-state index contributed by atoms with van der Waals surface area (Å²) in [7, 11) is 0. The molecule has 3 aromatic rings. The van der Waals surface area contributed by atoms with Crippen LogP contribution in [0.2, 0.25) is 0 Å². The highest BCUT2D eigenvalue weighted by atomic mass is 16.3. The van der Waals surface area contributed by atoms with Crippen molar-refractivity contribution in [2.45, 2.75) is 12.8 Å². The zero-order valence-corrected chi connectivity index (χ0v) is 10.1. The summed E-state index contributed by atoms with van der Waals surface area (Å²) in [6, 6.07) is 14.7. The Bertz CT molecular complexity index is 611. The SMILES string of the molecule is CC(c1cn(-c2c[c]ccc2)cn1)c1ccco1. The van der Waals surface area contributed by atoms with Crippen LogP contribution >= 0.6 is 0 Å². The third-order valence-electron chi connectivity index (χ3n) is 3.00. The molecule has 89 valence electrons. The molecule has 3 nitrogen and oxygen atoms in total. The third-order valence-corrected chi connectivity index (χ3v) is 3.00. The van der Waals surface area contributed by atoms with Crippen LogP contribution in [-0.2, 0) is 0 Å². The lowest BCUT2D eigenvalue weighted by Crippen LogP contribution is -1.94. The average molecular weight is 237 g/mol. The summed E-state index contributed by atoms with van der Waals surface area (Å²) in [6.45, 7) is 2.09. The van der Waals surface area contributed by atoms with Crippen molar-refractivity contribution in [2.75, 3.05) is 0 Å². The van der Waals surface area contributed by atoms with Crippen molar-refractivity contribution in [3.63, 3.8) is 0 Å². The molecule has 2 aromatic heterocycles. The fourth-order valence-corrected chi connectivity index (χ4v) is 1.93. The maximum Gasteiger partial charge on any atom is 0.112 e. The van der Waals surface area contributed by atoms with Crippen LogP contribution in [0.1, 0.15) is 24.3 Å². The van der Waals surface area contributed by atoms with Gasteiger partial charge in [0.05, 0.1) is 24.2 Å². The third kappa shape index (κ3) is 1.95. The highest BCUT2D eigenvalue weighted by Crippen LogP contribution is 2.23. The molecule has 3 rings (SSSR count). The van der Waals surface area contributed by atoms with Crippen molar-refractivity contribution < 1.29 is 4.42 Å². The van der Waals surface area contributed by atoms with E-state index in [0.29, 0.717) is 0 Å². The molecule has 0 amide bonds. The monoisotopic (exact) mass is 237 g/mol. The highest BCUT2D eigenvalue weighted by Gasteiger charge is 2.14. The van der Waals surface area contributed by atoms with Gasteiger partial charge in [-0.1, -0.05) is 12.1 Å². The number of rotatable bonds is 3. The highest BCUT2D eigenvalue weighted by molar-refractivity contribution is 5.32. The molecule has 3 heteroatoms. The number of furan rings is 1. The zero-order valence-electron chi connectivity index (χ0n) is 10.1. The molecule has 18 heavy (non-hydrogen) atoms. The van der Waals surface area contributed by atoms with Gasteiger partial charge in [0.2, 0.25) is 0 Å². The van der Waals surface area contributed by atoms with Gasteiger partial charge in [-0.25, -0.2) is 4.98 Å². The first kappa shape index (κ1) is 10.8. The van der Waals surface area contributed by atoms with Gasteiger partial charge >= 0.3 is 0 Å². The van der Waals surface area contributed by atoms with E-state index in [9.17, 15) is 0 Å². The van der Waals surface area contributed by atoms with E-state index in [1.54, 1.807) is 6.26 Å². The van der Waals surface area contributed by atoms with E-state index in [1.807, 2.05) is 53.5 Å². The number of nitrogens with zero attached hydrogens (tertiary/aromatic N) is 2. The van der Waals surface area contributed by atoms with Crippen LogP contribution in [-0.4, -0.2) is 9.55 Å². The van der Waals surface area contributed by atoms with E-state index in [2.05, 4.69) is 18.0 Å². The Hall–Kier alpha value is -2.29. The summed E-state index contributed by atoms with van der Waals surface area (Å²) >= 11 is 0. The molecule has 0 fully saturated rings. The van der Waals surface area contributed by atoms with E-state index in [4.69, 9.17) is 4.42 Å². The molecule has 0 aliphatic carbocycles. The fraction of sp³-hybridized carbons (Fsp3) is 0.133. The molecule has 0 saturated heterocycles. The van der Waals surface area contributed by atoms with Crippen LogP contribution in [0, 0.1) is 6.07 Å². The maximum absolute atomic E-state index is 5.41. The minimum Gasteiger partial charge on any atom is -0.469 e. The maximum atomic E-state index is 5.41. The minimum absolute atomic E-state index is 0.161. The minimum atomic E-state index is 0.161.